The van der Waals surface area contributed by atoms with Crippen molar-refractivity contribution in [3.05, 3.63) is 28.8 Å². The van der Waals surface area contributed by atoms with Crippen LogP contribution in [0.4, 0.5) is 5.69 Å². The van der Waals surface area contributed by atoms with E-state index in [1.165, 1.54) is 16.7 Å². The lowest BCUT2D eigenvalue weighted by molar-refractivity contribution is 0.763. The molecule has 1 aromatic rings. The van der Waals surface area contributed by atoms with Gasteiger partial charge < -0.3 is 11.1 Å². The summed E-state index contributed by atoms with van der Waals surface area (Å²) in [4.78, 5) is 0. The van der Waals surface area contributed by atoms with E-state index in [1.807, 2.05) is 6.07 Å². The summed E-state index contributed by atoms with van der Waals surface area (Å²) < 4.78 is 0. The van der Waals surface area contributed by atoms with Crippen LogP contribution in [0.1, 0.15) is 16.7 Å². The SMILES string of the molecule is Cc1c(N)ccc2c1CNC2. The molecule has 0 amide bonds. The van der Waals surface area contributed by atoms with Crippen LogP contribution in [0.5, 0.6) is 0 Å². The van der Waals surface area contributed by atoms with Gasteiger partial charge in [-0.3, -0.25) is 0 Å². The Morgan fingerprint density at radius 2 is 2.18 bits per heavy atom. The van der Waals surface area contributed by atoms with Crippen LogP contribution in [-0.4, -0.2) is 0 Å². The fourth-order valence-corrected chi connectivity index (χ4v) is 1.56. The molecule has 3 N–H and O–H groups in total. The van der Waals surface area contributed by atoms with Crippen molar-refractivity contribution in [2.75, 3.05) is 5.73 Å². The molecule has 0 saturated heterocycles. The number of nitrogens with one attached hydrogen (secondary N) is 1. The highest BCUT2D eigenvalue weighted by atomic mass is 14.9. The van der Waals surface area contributed by atoms with Gasteiger partial charge in [0.15, 0.2) is 0 Å². The van der Waals surface area contributed by atoms with E-state index in [1.54, 1.807) is 0 Å². The Bertz CT molecular complexity index is 292. The molecule has 0 bridgehead atoms. The van der Waals surface area contributed by atoms with E-state index in [2.05, 4.69) is 18.3 Å². The lowest BCUT2D eigenvalue weighted by Crippen LogP contribution is -2.00. The molecule has 0 saturated carbocycles. The normalized spacial score (nSPS) is 15.0. The Morgan fingerprint density at radius 3 is 3.00 bits per heavy atom. The van der Waals surface area contributed by atoms with Gasteiger partial charge in [-0.1, -0.05) is 6.07 Å². The van der Waals surface area contributed by atoms with E-state index in [0.29, 0.717) is 0 Å². The van der Waals surface area contributed by atoms with Gasteiger partial charge in [0.05, 0.1) is 0 Å². The largest absolute Gasteiger partial charge is 0.399 e. The maximum atomic E-state index is 5.77. The first kappa shape index (κ1) is 6.68. The Morgan fingerprint density at radius 1 is 1.36 bits per heavy atom. The number of rotatable bonds is 0. The number of hydrogen-bond donors (Lipinski definition) is 2. The summed E-state index contributed by atoms with van der Waals surface area (Å²) in [6.07, 6.45) is 0. The van der Waals surface area contributed by atoms with E-state index >= 15 is 0 Å². The molecule has 0 spiro atoms. The first-order valence-corrected chi connectivity index (χ1v) is 3.86. The highest BCUT2D eigenvalue weighted by Crippen LogP contribution is 2.23. The molecule has 2 nitrogen and oxygen atoms in total. The number of nitrogens with two attached hydrogens (primary N) is 1. The van der Waals surface area contributed by atoms with Gasteiger partial charge in [0.1, 0.15) is 0 Å². The van der Waals surface area contributed by atoms with Crippen LogP contribution in [0.15, 0.2) is 12.1 Å². The quantitative estimate of drug-likeness (QED) is 0.542. The molecule has 58 valence electrons. The monoisotopic (exact) mass is 148 g/mol. The van der Waals surface area contributed by atoms with E-state index in [4.69, 9.17) is 5.73 Å². The topological polar surface area (TPSA) is 38.0 Å². The fraction of sp³-hybridized carbons (Fsp3) is 0.333. The number of hydrogen-bond acceptors (Lipinski definition) is 2. The molecule has 1 heterocycles. The minimum Gasteiger partial charge on any atom is -0.399 e. The van der Waals surface area contributed by atoms with Crippen LogP contribution in [0, 0.1) is 6.92 Å². The zero-order valence-corrected chi connectivity index (χ0v) is 6.65. The van der Waals surface area contributed by atoms with Gasteiger partial charge >= 0.3 is 0 Å². The van der Waals surface area contributed by atoms with Crippen LogP contribution < -0.4 is 11.1 Å². The standard InChI is InChI=1S/C9H12N2/c1-6-8-5-11-4-7(8)2-3-9(6)10/h2-3,11H,4-5,10H2,1H3. The molecule has 1 aliphatic rings. The number of anilines is 1. The third-order valence-corrected chi connectivity index (χ3v) is 2.35. The van der Waals surface area contributed by atoms with Crippen molar-refractivity contribution >= 4 is 5.69 Å². The Balaban J connectivity index is 2.62. The zero-order valence-electron chi connectivity index (χ0n) is 6.65. The molecule has 1 aliphatic heterocycles. The van der Waals surface area contributed by atoms with E-state index in [9.17, 15) is 0 Å². The second-order valence-corrected chi connectivity index (χ2v) is 3.02. The summed E-state index contributed by atoms with van der Waals surface area (Å²) in [5.41, 5.74) is 10.7. The lowest BCUT2D eigenvalue weighted by Gasteiger charge is -2.04. The van der Waals surface area contributed by atoms with Gasteiger partial charge in [-0.15, -0.1) is 0 Å². The van der Waals surface area contributed by atoms with Crippen LogP contribution in [0.3, 0.4) is 0 Å². The van der Waals surface area contributed by atoms with Gasteiger partial charge in [-0.25, -0.2) is 0 Å². The molecule has 0 aromatic heterocycles. The minimum atomic E-state index is 0.910. The third kappa shape index (κ3) is 0.906. The van der Waals surface area contributed by atoms with Gasteiger partial charge in [0.25, 0.3) is 0 Å². The minimum absolute atomic E-state index is 0.910. The van der Waals surface area contributed by atoms with Gasteiger partial charge in [0, 0.05) is 18.8 Å². The number of benzene rings is 1. The summed E-state index contributed by atoms with van der Waals surface area (Å²) in [5.74, 6) is 0. The summed E-state index contributed by atoms with van der Waals surface area (Å²) >= 11 is 0. The summed E-state index contributed by atoms with van der Waals surface area (Å²) in [6, 6.07) is 4.10. The first-order chi connectivity index (χ1) is 5.29. The molecular formula is C9H12N2. The molecule has 0 aliphatic carbocycles. The maximum absolute atomic E-state index is 5.77. The van der Waals surface area contributed by atoms with Gasteiger partial charge in [-0.05, 0) is 29.7 Å². The van der Waals surface area contributed by atoms with Crippen molar-refractivity contribution in [2.24, 2.45) is 0 Å². The van der Waals surface area contributed by atoms with Gasteiger partial charge in [0.2, 0.25) is 0 Å². The van der Waals surface area contributed by atoms with Crippen molar-refractivity contribution in [3.63, 3.8) is 0 Å². The maximum Gasteiger partial charge on any atom is 0.0347 e. The van der Waals surface area contributed by atoms with Crippen molar-refractivity contribution in [2.45, 2.75) is 20.0 Å². The molecule has 0 radical (unpaired) electrons. The Kier molecular flexibility index (Phi) is 1.36. The molecule has 11 heavy (non-hydrogen) atoms. The van der Waals surface area contributed by atoms with Crippen molar-refractivity contribution in [3.8, 4) is 0 Å². The zero-order chi connectivity index (χ0) is 7.84. The second kappa shape index (κ2) is 2.24. The highest BCUT2D eigenvalue weighted by Gasteiger charge is 2.12. The van der Waals surface area contributed by atoms with Crippen molar-refractivity contribution in [1.82, 2.24) is 5.32 Å². The van der Waals surface area contributed by atoms with E-state index in [-0.39, 0.29) is 0 Å². The number of nitrogen functional groups attached to an aromatic ring is 1. The first-order valence-electron chi connectivity index (χ1n) is 3.86. The predicted molar refractivity (Wildman–Crippen MR) is 46.1 cm³/mol. The van der Waals surface area contributed by atoms with Crippen molar-refractivity contribution in [1.29, 1.82) is 0 Å². The summed E-state index contributed by atoms with van der Waals surface area (Å²) in [7, 11) is 0. The average molecular weight is 148 g/mol. The molecule has 0 atom stereocenters. The fourth-order valence-electron chi connectivity index (χ4n) is 1.56. The molecule has 2 rings (SSSR count). The van der Waals surface area contributed by atoms with Crippen LogP contribution in [0.2, 0.25) is 0 Å². The average Bonchev–Trinajstić information content (AvgIpc) is 2.45. The second-order valence-electron chi connectivity index (χ2n) is 3.02. The molecule has 0 fully saturated rings. The Hall–Kier alpha value is -1.02. The highest BCUT2D eigenvalue weighted by molar-refractivity contribution is 5.54. The third-order valence-electron chi connectivity index (χ3n) is 2.35. The Labute approximate surface area is 66.4 Å². The number of fused-ring (bicyclic) bond motifs is 1. The summed E-state index contributed by atoms with van der Waals surface area (Å²) in [6.45, 7) is 4.06. The van der Waals surface area contributed by atoms with Crippen LogP contribution >= 0.6 is 0 Å². The van der Waals surface area contributed by atoms with Crippen LogP contribution in [0.25, 0.3) is 0 Å². The molecule has 1 aromatic carbocycles. The van der Waals surface area contributed by atoms with E-state index in [0.717, 1.165) is 18.8 Å². The van der Waals surface area contributed by atoms with Crippen molar-refractivity contribution < 1.29 is 0 Å². The predicted octanol–water partition coefficient (Wildman–Crippen LogP) is 1.18. The summed E-state index contributed by atoms with van der Waals surface area (Å²) in [5, 5.41) is 3.30. The molecule has 0 unspecified atom stereocenters. The molecular weight excluding hydrogens is 136 g/mol. The van der Waals surface area contributed by atoms with E-state index < -0.39 is 0 Å². The smallest absolute Gasteiger partial charge is 0.0347 e. The van der Waals surface area contributed by atoms with Crippen LogP contribution in [-0.2, 0) is 13.1 Å². The molecule has 2 heteroatoms. The van der Waals surface area contributed by atoms with Gasteiger partial charge in [-0.2, -0.15) is 0 Å². The lowest BCUT2D eigenvalue weighted by atomic mass is 10.0.